The van der Waals surface area contributed by atoms with Gasteiger partial charge < -0.3 is 5.32 Å². The topological polar surface area (TPSA) is 29.1 Å². The van der Waals surface area contributed by atoms with Gasteiger partial charge in [-0.05, 0) is 74.2 Å². The second-order valence-corrected chi connectivity index (χ2v) is 6.89. The molecule has 1 N–H and O–H groups in total. The molecule has 0 radical (unpaired) electrons. The Balaban J connectivity index is 1.99. The first-order valence-electron chi connectivity index (χ1n) is 7.93. The molecule has 3 heteroatoms. The van der Waals surface area contributed by atoms with Gasteiger partial charge in [0, 0.05) is 16.5 Å². The van der Waals surface area contributed by atoms with Crippen LogP contribution >= 0.6 is 11.3 Å². The van der Waals surface area contributed by atoms with Gasteiger partial charge >= 0.3 is 0 Å². The van der Waals surface area contributed by atoms with Gasteiger partial charge in [0.25, 0.3) is 5.91 Å². The maximum absolute atomic E-state index is 12.5. The van der Waals surface area contributed by atoms with E-state index < -0.39 is 0 Å². The largest absolute Gasteiger partial charge is 0.349 e. The van der Waals surface area contributed by atoms with Crippen LogP contribution in [0.5, 0.6) is 0 Å². The zero-order valence-corrected chi connectivity index (χ0v) is 14.7. The fraction of sp³-hybridized carbons (Fsp3) is 0.421. The number of hydrogen-bond acceptors (Lipinski definition) is 2. The first-order valence-corrected chi connectivity index (χ1v) is 8.81. The van der Waals surface area contributed by atoms with Gasteiger partial charge in [0.1, 0.15) is 0 Å². The lowest BCUT2D eigenvalue weighted by Crippen LogP contribution is -2.35. The van der Waals surface area contributed by atoms with Crippen molar-refractivity contribution < 1.29 is 4.79 Å². The van der Waals surface area contributed by atoms with E-state index in [1.165, 1.54) is 10.4 Å². The smallest absolute Gasteiger partial charge is 0.251 e. The van der Waals surface area contributed by atoms with E-state index in [9.17, 15) is 4.79 Å². The Hall–Kier alpha value is -1.61. The van der Waals surface area contributed by atoms with Crippen molar-refractivity contribution in [2.45, 2.75) is 53.0 Å². The molecule has 0 aliphatic carbocycles. The standard InChI is InChI=1S/C19H25NOS/c1-5-16(9-10-18-14(3)11-12-22-18)20-19(21)17-8-6-7-13(2)15(17)4/h6-8,11-12,16H,5,9-10H2,1-4H3,(H,20,21). The summed E-state index contributed by atoms with van der Waals surface area (Å²) >= 11 is 1.81. The fourth-order valence-electron chi connectivity index (χ4n) is 2.60. The molecule has 0 saturated heterocycles. The summed E-state index contributed by atoms with van der Waals surface area (Å²) in [6, 6.07) is 8.30. The summed E-state index contributed by atoms with van der Waals surface area (Å²) in [5.41, 5.74) is 4.39. The number of benzene rings is 1. The number of aryl methyl sites for hydroxylation is 3. The molecule has 1 unspecified atom stereocenters. The van der Waals surface area contributed by atoms with E-state index in [1.807, 2.05) is 43.4 Å². The van der Waals surface area contributed by atoms with Crippen molar-refractivity contribution in [2.24, 2.45) is 0 Å². The Kier molecular flexibility index (Phi) is 5.78. The van der Waals surface area contributed by atoms with E-state index in [-0.39, 0.29) is 11.9 Å². The molecule has 0 fully saturated rings. The zero-order valence-electron chi connectivity index (χ0n) is 13.9. The van der Waals surface area contributed by atoms with E-state index in [1.54, 1.807) is 0 Å². The molecule has 1 aromatic carbocycles. The Morgan fingerprint density at radius 1 is 1.18 bits per heavy atom. The molecule has 2 aromatic rings. The Bertz CT molecular complexity index is 645. The van der Waals surface area contributed by atoms with Gasteiger partial charge in [-0.1, -0.05) is 19.1 Å². The predicted molar refractivity (Wildman–Crippen MR) is 94.8 cm³/mol. The molecule has 2 nitrogen and oxygen atoms in total. The molecule has 0 spiro atoms. The summed E-state index contributed by atoms with van der Waals surface area (Å²) in [6.45, 7) is 8.35. The minimum absolute atomic E-state index is 0.0518. The third-order valence-corrected chi connectivity index (χ3v) is 5.45. The molecule has 0 aliphatic heterocycles. The van der Waals surface area contributed by atoms with Crippen molar-refractivity contribution in [3.8, 4) is 0 Å². The van der Waals surface area contributed by atoms with Crippen LogP contribution in [0, 0.1) is 20.8 Å². The van der Waals surface area contributed by atoms with E-state index in [4.69, 9.17) is 0 Å². The van der Waals surface area contributed by atoms with Crippen LogP contribution in [0.3, 0.4) is 0 Å². The number of carbonyl (C=O) groups excluding carboxylic acids is 1. The van der Waals surface area contributed by atoms with Gasteiger partial charge in [0.2, 0.25) is 0 Å². The van der Waals surface area contributed by atoms with Crippen LogP contribution in [0.25, 0.3) is 0 Å². The molecule has 1 aromatic heterocycles. The summed E-state index contributed by atoms with van der Waals surface area (Å²) in [4.78, 5) is 13.9. The van der Waals surface area contributed by atoms with Gasteiger partial charge in [0.05, 0.1) is 0 Å². The van der Waals surface area contributed by atoms with E-state index in [2.05, 4.69) is 30.6 Å². The molecular weight excluding hydrogens is 290 g/mol. The van der Waals surface area contributed by atoms with Crippen LogP contribution in [0.15, 0.2) is 29.6 Å². The van der Waals surface area contributed by atoms with Crippen molar-refractivity contribution in [1.29, 1.82) is 0 Å². The summed E-state index contributed by atoms with van der Waals surface area (Å²) in [5, 5.41) is 5.34. The van der Waals surface area contributed by atoms with Crippen LogP contribution in [0.1, 0.15) is 51.7 Å². The monoisotopic (exact) mass is 315 g/mol. The van der Waals surface area contributed by atoms with Crippen molar-refractivity contribution in [1.82, 2.24) is 5.32 Å². The molecule has 2 rings (SSSR count). The van der Waals surface area contributed by atoms with Crippen molar-refractivity contribution in [2.75, 3.05) is 0 Å². The molecule has 0 saturated carbocycles. The van der Waals surface area contributed by atoms with Gasteiger partial charge in [-0.25, -0.2) is 0 Å². The second-order valence-electron chi connectivity index (χ2n) is 5.89. The maximum Gasteiger partial charge on any atom is 0.251 e. The number of hydrogen-bond donors (Lipinski definition) is 1. The molecule has 1 amide bonds. The van der Waals surface area contributed by atoms with Crippen molar-refractivity contribution in [3.05, 3.63) is 56.8 Å². The van der Waals surface area contributed by atoms with Crippen LogP contribution in [-0.4, -0.2) is 11.9 Å². The highest BCUT2D eigenvalue weighted by Gasteiger charge is 2.15. The third kappa shape index (κ3) is 3.98. The van der Waals surface area contributed by atoms with Gasteiger partial charge in [-0.2, -0.15) is 0 Å². The first-order chi connectivity index (χ1) is 10.5. The Morgan fingerprint density at radius 3 is 2.59 bits per heavy atom. The quantitative estimate of drug-likeness (QED) is 0.814. The molecule has 22 heavy (non-hydrogen) atoms. The maximum atomic E-state index is 12.5. The molecule has 1 atom stereocenters. The van der Waals surface area contributed by atoms with Crippen LogP contribution < -0.4 is 5.32 Å². The van der Waals surface area contributed by atoms with E-state index >= 15 is 0 Å². The predicted octanol–water partition coefficient (Wildman–Crippen LogP) is 4.81. The van der Waals surface area contributed by atoms with E-state index in [0.29, 0.717) is 0 Å². The van der Waals surface area contributed by atoms with Gasteiger partial charge in [0.15, 0.2) is 0 Å². The highest BCUT2D eigenvalue weighted by Crippen LogP contribution is 2.19. The fourth-order valence-corrected chi connectivity index (χ4v) is 3.53. The lowest BCUT2D eigenvalue weighted by atomic mass is 10.0. The SMILES string of the molecule is CCC(CCc1sccc1C)NC(=O)c1cccc(C)c1C. The minimum atomic E-state index is 0.0518. The van der Waals surface area contributed by atoms with Gasteiger partial charge in [-0.3, -0.25) is 4.79 Å². The zero-order chi connectivity index (χ0) is 16.1. The minimum Gasteiger partial charge on any atom is -0.349 e. The number of carbonyl (C=O) groups is 1. The molecular formula is C19H25NOS. The van der Waals surface area contributed by atoms with Crippen LogP contribution in [-0.2, 0) is 6.42 Å². The molecule has 1 heterocycles. The Morgan fingerprint density at radius 2 is 1.95 bits per heavy atom. The first kappa shape index (κ1) is 16.8. The number of thiophene rings is 1. The number of amides is 1. The highest BCUT2D eigenvalue weighted by molar-refractivity contribution is 7.10. The molecule has 118 valence electrons. The van der Waals surface area contributed by atoms with Crippen LogP contribution in [0.2, 0.25) is 0 Å². The lowest BCUT2D eigenvalue weighted by molar-refractivity contribution is 0.0933. The van der Waals surface area contributed by atoms with Crippen molar-refractivity contribution in [3.63, 3.8) is 0 Å². The second kappa shape index (κ2) is 7.59. The number of nitrogens with one attached hydrogen (secondary N) is 1. The van der Waals surface area contributed by atoms with Crippen molar-refractivity contribution >= 4 is 17.2 Å². The Labute approximate surface area is 137 Å². The van der Waals surface area contributed by atoms with E-state index in [0.717, 1.165) is 36.0 Å². The summed E-state index contributed by atoms with van der Waals surface area (Å²) in [7, 11) is 0. The van der Waals surface area contributed by atoms with Gasteiger partial charge in [-0.15, -0.1) is 11.3 Å². The summed E-state index contributed by atoms with van der Waals surface area (Å²) in [5.74, 6) is 0.0518. The third-order valence-electron chi connectivity index (χ3n) is 4.37. The lowest BCUT2D eigenvalue weighted by Gasteiger charge is -2.18. The normalized spacial score (nSPS) is 12.2. The average Bonchev–Trinajstić information content (AvgIpc) is 2.91. The number of rotatable bonds is 6. The highest BCUT2D eigenvalue weighted by atomic mass is 32.1. The summed E-state index contributed by atoms with van der Waals surface area (Å²) in [6.07, 6.45) is 2.99. The molecule has 0 aliphatic rings. The summed E-state index contributed by atoms with van der Waals surface area (Å²) < 4.78 is 0. The average molecular weight is 315 g/mol. The molecule has 0 bridgehead atoms. The van der Waals surface area contributed by atoms with Crippen LogP contribution in [0.4, 0.5) is 0 Å².